The molecule has 7 heteroatoms. The zero-order chi connectivity index (χ0) is 11.8. The molecule has 1 N–H and O–H groups in total. The van der Waals surface area contributed by atoms with Gasteiger partial charge in [0.1, 0.15) is 0 Å². The van der Waals surface area contributed by atoms with Gasteiger partial charge in [-0.3, -0.25) is 4.90 Å². The van der Waals surface area contributed by atoms with Crippen LogP contribution in [0.15, 0.2) is 0 Å². The van der Waals surface area contributed by atoms with Crippen LogP contribution in [0.4, 0.5) is 0 Å². The maximum Gasteiger partial charge on any atom is 0.294 e. The predicted octanol–water partition coefficient (Wildman–Crippen LogP) is -0.805. The molecule has 1 aliphatic rings. The van der Waals surface area contributed by atoms with E-state index in [0.717, 1.165) is 39.3 Å². The van der Waals surface area contributed by atoms with E-state index < -0.39 is 5.09 Å². The summed E-state index contributed by atoms with van der Waals surface area (Å²) < 4.78 is 0. The Morgan fingerprint density at radius 3 is 2.25 bits per heavy atom. The maximum atomic E-state index is 9.90. The van der Waals surface area contributed by atoms with Crippen LogP contribution in [0.3, 0.4) is 0 Å². The predicted molar refractivity (Wildman–Crippen MR) is 57.5 cm³/mol. The molecule has 0 aromatic carbocycles. The molecule has 1 saturated heterocycles. The van der Waals surface area contributed by atoms with E-state index in [4.69, 9.17) is 5.11 Å². The second kappa shape index (κ2) is 7.37. The van der Waals surface area contributed by atoms with Crippen molar-refractivity contribution in [1.82, 2.24) is 9.80 Å². The van der Waals surface area contributed by atoms with Gasteiger partial charge in [0.05, 0.1) is 13.2 Å². The van der Waals surface area contributed by atoms with Gasteiger partial charge in [0.15, 0.2) is 0 Å². The molecule has 0 radical (unpaired) electrons. The molecule has 7 nitrogen and oxygen atoms in total. The van der Waals surface area contributed by atoms with Crippen LogP contribution in [0, 0.1) is 10.1 Å². The van der Waals surface area contributed by atoms with E-state index in [1.165, 1.54) is 0 Å². The van der Waals surface area contributed by atoms with Gasteiger partial charge in [-0.05, 0) is 6.42 Å². The third-order valence-corrected chi connectivity index (χ3v) is 2.70. The standard InChI is InChI=1S/C9H19N3O4/c13-8-7-11-5-3-10(4-6-11)2-1-9-16-12(14)15/h13H,1-9H2. The summed E-state index contributed by atoms with van der Waals surface area (Å²) in [4.78, 5) is 18.6. The fourth-order valence-electron chi connectivity index (χ4n) is 1.81. The molecule has 1 aliphatic heterocycles. The molecule has 0 saturated carbocycles. The Bertz CT molecular complexity index is 207. The summed E-state index contributed by atoms with van der Waals surface area (Å²) in [5.74, 6) is 0. The highest BCUT2D eigenvalue weighted by Gasteiger charge is 2.15. The molecule has 0 spiro atoms. The van der Waals surface area contributed by atoms with E-state index >= 15 is 0 Å². The third-order valence-electron chi connectivity index (χ3n) is 2.70. The van der Waals surface area contributed by atoms with Gasteiger partial charge in [-0.1, -0.05) is 0 Å². The van der Waals surface area contributed by atoms with Crippen molar-refractivity contribution in [2.45, 2.75) is 6.42 Å². The Morgan fingerprint density at radius 1 is 1.19 bits per heavy atom. The van der Waals surface area contributed by atoms with Crippen molar-refractivity contribution in [3.8, 4) is 0 Å². The topological polar surface area (TPSA) is 79.1 Å². The molecule has 0 bridgehead atoms. The summed E-state index contributed by atoms with van der Waals surface area (Å²) in [6.45, 7) is 5.77. The number of rotatable bonds is 7. The first-order chi connectivity index (χ1) is 7.72. The van der Waals surface area contributed by atoms with Gasteiger partial charge in [-0.25, -0.2) is 0 Å². The van der Waals surface area contributed by atoms with Gasteiger partial charge < -0.3 is 14.8 Å². The Labute approximate surface area is 94.7 Å². The average Bonchev–Trinajstić information content (AvgIpc) is 2.27. The molecule has 0 aromatic rings. The third kappa shape index (κ3) is 5.24. The molecular formula is C9H19N3O4. The first-order valence-corrected chi connectivity index (χ1v) is 5.55. The van der Waals surface area contributed by atoms with Crippen molar-refractivity contribution >= 4 is 0 Å². The number of hydrogen-bond acceptors (Lipinski definition) is 6. The van der Waals surface area contributed by atoms with Gasteiger partial charge in [0, 0.05) is 39.3 Å². The molecule has 1 fully saturated rings. The van der Waals surface area contributed by atoms with Crippen molar-refractivity contribution in [2.24, 2.45) is 0 Å². The fraction of sp³-hybridized carbons (Fsp3) is 1.00. The second-order valence-corrected chi connectivity index (χ2v) is 3.82. The van der Waals surface area contributed by atoms with Crippen molar-refractivity contribution in [3.05, 3.63) is 10.1 Å². The molecule has 1 rings (SSSR count). The van der Waals surface area contributed by atoms with Crippen molar-refractivity contribution < 1.29 is 15.0 Å². The van der Waals surface area contributed by atoms with E-state index in [1.807, 2.05) is 0 Å². The second-order valence-electron chi connectivity index (χ2n) is 3.82. The summed E-state index contributed by atoms with van der Waals surface area (Å²) >= 11 is 0. The lowest BCUT2D eigenvalue weighted by Gasteiger charge is -2.34. The molecule has 94 valence electrons. The Balaban J connectivity index is 2.01. The van der Waals surface area contributed by atoms with Gasteiger partial charge in [-0.2, -0.15) is 0 Å². The molecule has 16 heavy (non-hydrogen) atoms. The van der Waals surface area contributed by atoms with Crippen LogP contribution in [0.1, 0.15) is 6.42 Å². The van der Waals surface area contributed by atoms with E-state index in [1.54, 1.807) is 0 Å². The van der Waals surface area contributed by atoms with Crippen LogP contribution in [0.2, 0.25) is 0 Å². The van der Waals surface area contributed by atoms with E-state index in [-0.39, 0.29) is 13.2 Å². The Morgan fingerprint density at radius 2 is 1.75 bits per heavy atom. The fourth-order valence-corrected chi connectivity index (χ4v) is 1.81. The average molecular weight is 233 g/mol. The first kappa shape index (κ1) is 13.1. The molecule has 0 unspecified atom stereocenters. The van der Waals surface area contributed by atoms with Gasteiger partial charge in [-0.15, -0.1) is 10.1 Å². The van der Waals surface area contributed by atoms with Gasteiger partial charge >= 0.3 is 0 Å². The lowest BCUT2D eigenvalue weighted by atomic mass is 10.3. The lowest BCUT2D eigenvalue weighted by molar-refractivity contribution is -0.757. The lowest BCUT2D eigenvalue weighted by Crippen LogP contribution is -2.47. The highest BCUT2D eigenvalue weighted by Crippen LogP contribution is 2.01. The van der Waals surface area contributed by atoms with Crippen molar-refractivity contribution in [1.29, 1.82) is 0 Å². The zero-order valence-corrected chi connectivity index (χ0v) is 9.38. The summed E-state index contributed by atoms with van der Waals surface area (Å²) in [7, 11) is 0. The molecule has 0 amide bonds. The number of β-amino-alcohol motifs (C(OH)–C–C–N with tert-alkyl or cyclic N) is 1. The number of piperazine rings is 1. The number of hydrogen-bond donors (Lipinski definition) is 1. The minimum atomic E-state index is -0.751. The summed E-state index contributed by atoms with van der Waals surface area (Å²) in [5, 5.41) is 17.9. The van der Waals surface area contributed by atoms with Crippen LogP contribution >= 0.6 is 0 Å². The van der Waals surface area contributed by atoms with Crippen molar-refractivity contribution in [3.63, 3.8) is 0 Å². The van der Waals surface area contributed by atoms with Crippen LogP contribution in [-0.4, -0.2) is 72.5 Å². The summed E-state index contributed by atoms with van der Waals surface area (Å²) in [6, 6.07) is 0. The minimum Gasteiger partial charge on any atom is -0.395 e. The smallest absolute Gasteiger partial charge is 0.294 e. The van der Waals surface area contributed by atoms with E-state index in [0.29, 0.717) is 6.42 Å². The first-order valence-electron chi connectivity index (χ1n) is 5.55. The highest BCUT2D eigenvalue weighted by molar-refractivity contribution is 4.71. The number of aliphatic hydroxyl groups is 1. The molecular weight excluding hydrogens is 214 g/mol. The Hall–Kier alpha value is -0.920. The SMILES string of the molecule is O=[N+]([O-])OCCCN1CCN(CCO)CC1. The monoisotopic (exact) mass is 233 g/mol. The largest absolute Gasteiger partial charge is 0.395 e. The molecule has 0 atom stereocenters. The normalized spacial score (nSPS) is 18.6. The molecule has 1 heterocycles. The highest BCUT2D eigenvalue weighted by atomic mass is 16.9. The van der Waals surface area contributed by atoms with Gasteiger partial charge in [0.2, 0.25) is 0 Å². The summed E-state index contributed by atoms with van der Waals surface area (Å²) in [6.07, 6.45) is 0.682. The molecule has 0 aliphatic carbocycles. The maximum absolute atomic E-state index is 9.90. The van der Waals surface area contributed by atoms with Crippen LogP contribution < -0.4 is 0 Å². The summed E-state index contributed by atoms with van der Waals surface area (Å²) in [5.41, 5.74) is 0. The quantitative estimate of drug-likeness (QED) is 0.352. The zero-order valence-electron chi connectivity index (χ0n) is 9.38. The molecule has 0 aromatic heterocycles. The Kier molecular flexibility index (Phi) is 6.05. The van der Waals surface area contributed by atoms with E-state index in [2.05, 4.69) is 14.6 Å². The minimum absolute atomic E-state index is 0.170. The number of aliphatic hydroxyl groups excluding tert-OH is 1. The van der Waals surface area contributed by atoms with E-state index in [9.17, 15) is 10.1 Å². The van der Waals surface area contributed by atoms with Crippen LogP contribution in [-0.2, 0) is 4.84 Å². The van der Waals surface area contributed by atoms with Crippen LogP contribution in [0.25, 0.3) is 0 Å². The number of nitrogens with zero attached hydrogens (tertiary/aromatic N) is 3. The van der Waals surface area contributed by atoms with Gasteiger partial charge in [0.25, 0.3) is 5.09 Å². The van der Waals surface area contributed by atoms with Crippen LogP contribution in [0.5, 0.6) is 0 Å². The van der Waals surface area contributed by atoms with Crippen molar-refractivity contribution in [2.75, 3.05) is 52.5 Å².